The number of rotatable bonds is 3. The normalized spacial score (nSPS) is 21.0. The molecule has 1 heterocycles. The molecule has 132 valence electrons. The third-order valence-electron chi connectivity index (χ3n) is 5.56. The molecule has 0 saturated heterocycles. The summed E-state index contributed by atoms with van der Waals surface area (Å²) in [7, 11) is -1.74. The van der Waals surface area contributed by atoms with Crippen LogP contribution in [-0.4, -0.2) is 30.6 Å². The van der Waals surface area contributed by atoms with Crippen LogP contribution in [0.15, 0.2) is 48.5 Å². The van der Waals surface area contributed by atoms with E-state index in [9.17, 15) is 8.42 Å². The maximum Gasteiger partial charge on any atom is 0.282 e. The molecular weight excluding hydrogens is 332 g/mol. The minimum atomic E-state index is -3.48. The van der Waals surface area contributed by atoms with Crippen molar-refractivity contribution in [2.75, 3.05) is 13.6 Å². The fraction of sp³-hybridized carbons (Fsp3) is 0.400. The number of hydrogen-bond donors (Lipinski definition) is 0. The summed E-state index contributed by atoms with van der Waals surface area (Å²) in [6.45, 7) is 1.02. The van der Waals surface area contributed by atoms with Gasteiger partial charge in [-0.25, -0.2) is 0 Å². The van der Waals surface area contributed by atoms with E-state index in [2.05, 4.69) is 18.2 Å². The molecule has 0 unspecified atom stereocenters. The first-order valence-corrected chi connectivity index (χ1v) is 10.3. The Labute approximate surface area is 150 Å². The Morgan fingerprint density at radius 2 is 1.64 bits per heavy atom. The number of aryl methyl sites for hydroxylation is 1. The number of nitrogens with zero attached hydrogens (tertiary/aromatic N) is 2. The monoisotopic (exact) mass is 356 g/mol. The molecule has 25 heavy (non-hydrogen) atoms. The summed E-state index contributed by atoms with van der Waals surface area (Å²) >= 11 is 0. The molecule has 1 aliphatic carbocycles. The lowest BCUT2D eigenvalue weighted by molar-refractivity contribution is 0.290. The third kappa shape index (κ3) is 3.01. The Morgan fingerprint density at radius 1 is 0.960 bits per heavy atom. The van der Waals surface area contributed by atoms with E-state index in [4.69, 9.17) is 0 Å². The summed E-state index contributed by atoms with van der Waals surface area (Å²) in [5.41, 5.74) is 4.83. The van der Waals surface area contributed by atoms with Gasteiger partial charge in [0.1, 0.15) is 0 Å². The van der Waals surface area contributed by atoms with Crippen molar-refractivity contribution >= 4 is 10.2 Å². The number of benzene rings is 2. The molecular formula is C20H24N2O2S. The Morgan fingerprint density at radius 3 is 2.44 bits per heavy atom. The molecule has 0 N–H and O–H groups in total. The van der Waals surface area contributed by atoms with E-state index in [1.807, 2.05) is 30.3 Å². The fourth-order valence-electron chi connectivity index (χ4n) is 4.12. The number of hydrogen-bond acceptors (Lipinski definition) is 2. The fourth-order valence-corrected chi connectivity index (χ4v) is 5.64. The summed E-state index contributed by atoms with van der Waals surface area (Å²) < 4.78 is 29.7. The second-order valence-electron chi connectivity index (χ2n) is 6.98. The van der Waals surface area contributed by atoms with Crippen LogP contribution in [0.5, 0.6) is 0 Å². The molecule has 4 nitrogen and oxygen atoms in total. The van der Waals surface area contributed by atoms with Crippen molar-refractivity contribution in [3.8, 4) is 0 Å². The Hall–Kier alpha value is -1.69. The topological polar surface area (TPSA) is 40.6 Å². The van der Waals surface area contributed by atoms with Crippen LogP contribution in [0.3, 0.4) is 0 Å². The first kappa shape index (κ1) is 16.8. The standard InChI is InChI=1S/C20H24N2O2S/c1-21(20-12-6-10-17-8-4-5-11-19(17)20)25(23,24)22-14-13-16-7-2-3-9-18(16)15-22/h2-5,7-9,11,20H,6,10,12-15H2,1H3/t20-/m1/s1. The van der Waals surface area contributed by atoms with Crippen LogP contribution in [0.1, 0.15) is 41.1 Å². The minimum Gasteiger partial charge on any atom is -0.195 e. The molecule has 0 spiro atoms. The van der Waals surface area contributed by atoms with Gasteiger partial charge in [0.15, 0.2) is 0 Å². The van der Waals surface area contributed by atoms with E-state index >= 15 is 0 Å². The summed E-state index contributed by atoms with van der Waals surface area (Å²) in [5, 5.41) is 0. The molecule has 2 aliphatic rings. The highest BCUT2D eigenvalue weighted by Crippen LogP contribution is 2.36. The third-order valence-corrected chi connectivity index (χ3v) is 7.51. The van der Waals surface area contributed by atoms with Crippen molar-refractivity contribution in [1.29, 1.82) is 0 Å². The van der Waals surface area contributed by atoms with Crippen molar-refractivity contribution < 1.29 is 8.42 Å². The summed E-state index contributed by atoms with van der Waals surface area (Å²) in [5.74, 6) is 0. The van der Waals surface area contributed by atoms with E-state index in [0.717, 1.165) is 36.8 Å². The van der Waals surface area contributed by atoms with Crippen LogP contribution in [-0.2, 0) is 29.6 Å². The van der Waals surface area contributed by atoms with Crippen LogP contribution < -0.4 is 0 Å². The van der Waals surface area contributed by atoms with E-state index in [1.54, 1.807) is 15.7 Å². The summed E-state index contributed by atoms with van der Waals surface area (Å²) in [6.07, 6.45) is 3.74. The lowest BCUT2D eigenvalue weighted by Crippen LogP contribution is -2.46. The van der Waals surface area contributed by atoms with Gasteiger partial charge in [-0.3, -0.25) is 0 Å². The summed E-state index contributed by atoms with van der Waals surface area (Å²) in [4.78, 5) is 0. The number of fused-ring (bicyclic) bond motifs is 2. The van der Waals surface area contributed by atoms with Crippen LogP contribution in [0.25, 0.3) is 0 Å². The van der Waals surface area contributed by atoms with E-state index in [0.29, 0.717) is 13.1 Å². The molecule has 5 heteroatoms. The molecule has 2 aromatic carbocycles. The molecule has 0 aromatic heterocycles. The van der Waals surface area contributed by atoms with Gasteiger partial charge in [0.2, 0.25) is 0 Å². The predicted molar refractivity (Wildman–Crippen MR) is 99.4 cm³/mol. The van der Waals surface area contributed by atoms with Gasteiger partial charge < -0.3 is 0 Å². The molecule has 0 fully saturated rings. The molecule has 0 radical (unpaired) electrons. The van der Waals surface area contributed by atoms with Crippen LogP contribution >= 0.6 is 0 Å². The zero-order valence-electron chi connectivity index (χ0n) is 14.6. The van der Waals surface area contributed by atoms with Gasteiger partial charge in [0.25, 0.3) is 10.2 Å². The molecule has 0 saturated carbocycles. The maximum atomic E-state index is 13.3. The molecule has 0 bridgehead atoms. The van der Waals surface area contributed by atoms with Crippen molar-refractivity contribution in [1.82, 2.24) is 8.61 Å². The Bertz CT molecular complexity index is 879. The first-order valence-electron chi connectivity index (χ1n) is 8.95. The van der Waals surface area contributed by atoms with Gasteiger partial charge in [-0.15, -0.1) is 0 Å². The van der Waals surface area contributed by atoms with Crippen molar-refractivity contribution in [2.45, 2.75) is 38.3 Å². The zero-order chi connectivity index (χ0) is 17.4. The van der Waals surface area contributed by atoms with Gasteiger partial charge in [-0.1, -0.05) is 48.5 Å². The average Bonchev–Trinajstić information content (AvgIpc) is 2.66. The van der Waals surface area contributed by atoms with Gasteiger partial charge in [0.05, 0.1) is 6.04 Å². The van der Waals surface area contributed by atoms with Crippen molar-refractivity contribution in [3.63, 3.8) is 0 Å². The zero-order valence-corrected chi connectivity index (χ0v) is 15.4. The molecule has 0 amide bonds. The van der Waals surface area contributed by atoms with Crippen molar-refractivity contribution in [2.24, 2.45) is 0 Å². The van der Waals surface area contributed by atoms with E-state index in [-0.39, 0.29) is 6.04 Å². The second kappa shape index (κ2) is 6.56. The minimum absolute atomic E-state index is 0.0629. The van der Waals surface area contributed by atoms with Gasteiger partial charge in [0, 0.05) is 20.1 Å². The lowest BCUT2D eigenvalue weighted by atomic mass is 9.88. The second-order valence-corrected chi connectivity index (χ2v) is 8.97. The highest BCUT2D eigenvalue weighted by atomic mass is 32.2. The van der Waals surface area contributed by atoms with Gasteiger partial charge in [-0.05, 0) is 47.9 Å². The van der Waals surface area contributed by atoms with E-state index < -0.39 is 10.2 Å². The first-order chi connectivity index (χ1) is 12.1. The Kier molecular flexibility index (Phi) is 4.40. The van der Waals surface area contributed by atoms with Crippen molar-refractivity contribution in [3.05, 3.63) is 70.8 Å². The summed E-state index contributed by atoms with van der Waals surface area (Å²) in [6, 6.07) is 16.3. The molecule has 1 aliphatic heterocycles. The quantitative estimate of drug-likeness (QED) is 0.847. The highest BCUT2D eigenvalue weighted by Gasteiger charge is 2.36. The predicted octanol–water partition coefficient (Wildman–Crippen LogP) is 3.30. The molecule has 1 atom stereocenters. The smallest absolute Gasteiger partial charge is 0.195 e. The van der Waals surface area contributed by atoms with Gasteiger partial charge in [-0.2, -0.15) is 17.0 Å². The van der Waals surface area contributed by atoms with E-state index in [1.165, 1.54) is 11.1 Å². The Balaban J connectivity index is 1.61. The van der Waals surface area contributed by atoms with Crippen LogP contribution in [0.2, 0.25) is 0 Å². The van der Waals surface area contributed by atoms with Crippen LogP contribution in [0, 0.1) is 0 Å². The van der Waals surface area contributed by atoms with Gasteiger partial charge >= 0.3 is 0 Å². The maximum absolute atomic E-state index is 13.3. The molecule has 4 rings (SSSR count). The lowest BCUT2D eigenvalue weighted by Gasteiger charge is -2.37. The average molecular weight is 356 g/mol. The molecule has 2 aromatic rings. The van der Waals surface area contributed by atoms with Crippen LogP contribution in [0.4, 0.5) is 0 Å². The SMILES string of the molecule is CN([C@@H]1CCCc2ccccc21)S(=O)(=O)N1CCc2ccccc2C1. The highest BCUT2D eigenvalue weighted by molar-refractivity contribution is 7.86. The largest absolute Gasteiger partial charge is 0.282 e.